The highest BCUT2D eigenvalue weighted by Crippen LogP contribution is 2.29. The Morgan fingerprint density at radius 1 is 1.44 bits per heavy atom. The Bertz CT molecular complexity index is 611. The Hall–Kier alpha value is -1.81. The smallest absolute Gasteiger partial charge is 0.252 e. The van der Waals surface area contributed by atoms with Crippen molar-refractivity contribution in [1.29, 1.82) is 0 Å². The summed E-state index contributed by atoms with van der Waals surface area (Å²) in [5.41, 5.74) is 6.27. The summed E-state index contributed by atoms with van der Waals surface area (Å²) in [6.45, 7) is 3.75. The summed E-state index contributed by atoms with van der Waals surface area (Å²) in [5.74, 6) is -0.116. The standard InChI is InChI=1S/C13H13ClN2O2/c1-7(2)18-12-6-8-10(14)3-4-16-11(8)5-9(12)13(15)17/h3-7H,1-2H3,(H2,15,17). The van der Waals surface area contributed by atoms with Gasteiger partial charge in [-0.15, -0.1) is 0 Å². The molecule has 1 aromatic carbocycles. The minimum absolute atomic E-state index is 0.0593. The molecule has 0 spiro atoms. The molecule has 0 aliphatic heterocycles. The number of pyridine rings is 1. The van der Waals surface area contributed by atoms with Gasteiger partial charge in [0.05, 0.1) is 22.2 Å². The third-order valence-electron chi connectivity index (χ3n) is 2.42. The van der Waals surface area contributed by atoms with Crippen molar-refractivity contribution < 1.29 is 9.53 Å². The molecule has 2 rings (SSSR count). The van der Waals surface area contributed by atoms with E-state index < -0.39 is 5.91 Å². The molecule has 2 aromatic rings. The van der Waals surface area contributed by atoms with Crippen LogP contribution in [0.25, 0.3) is 10.9 Å². The molecule has 2 N–H and O–H groups in total. The number of fused-ring (bicyclic) bond motifs is 1. The molecule has 0 radical (unpaired) electrons. The molecule has 0 atom stereocenters. The first kappa shape index (κ1) is 12.6. The van der Waals surface area contributed by atoms with Crippen molar-refractivity contribution in [1.82, 2.24) is 4.98 Å². The molecule has 94 valence electrons. The van der Waals surface area contributed by atoms with Gasteiger partial charge >= 0.3 is 0 Å². The summed E-state index contributed by atoms with van der Waals surface area (Å²) in [4.78, 5) is 15.6. The summed E-state index contributed by atoms with van der Waals surface area (Å²) in [6, 6.07) is 4.99. The summed E-state index contributed by atoms with van der Waals surface area (Å²) in [6.07, 6.45) is 1.52. The van der Waals surface area contributed by atoms with Gasteiger partial charge < -0.3 is 10.5 Å². The highest BCUT2D eigenvalue weighted by atomic mass is 35.5. The molecule has 4 nitrogen and oxygen atoms in total. The lowest BCUT2D eigenvalue weighted by Crippen LogP contribution is -2.15. The average Bonchev–Trinajstić information content (AvgIpc) is 2.28. The maximum Gasteiger partial charge on any atom is 0.252 e. The third-order valence-corrected chi connectivity index (χ3v) is 2.75. The molecule has 0 unspecified atom stereocenters. The van der Waals surface area contributed by atoms with E-state index in [1.54, 1.807) is 24.4 Å². The zero-order valence-electron chi connectivity index (χ0n) is 10.1. The summed E-state index contributed by atoms with van der Waals surface area (Å²) in [7, 11) is 0. The lowest BCUT2D eigenvalue weighted by atomic mass is 10.1. The van der Waals surface area contributed by atoms with Crippen LogP contribution in [-0.4, -0.2) is 17.0 Å². The number of hydrogen-bond donors (Lipinski definition) is 1. The Labute approximate surface area is 110 Å². The molecule has 1 amide bonds. The second-order valence-electron chi connectivity index (χ2n) is 4.19. The first-order valence-corrected chi connectivity index (χ1v) is 5.91. The van der Waals surface area contributed by atoms with E-state index in [0.717, 1.165) is 5.39 Å². The normalized spacial score (nSPS) is 10.9. The first-order chi connectivity index (χ1) is 8.49. The number of hydrogen-bond acceptors (Lipinski definition) is 3. The monoisotopic (exact) mass is 264 g/mol. The van der Waals surface area contributed by atoms with E-state index in [2.05, 4.69) is 4.98 Å². The lowest BCUT2D eigenvalue weighted by molar-refractivity contribution is 0.0995. The second kappa shape index (κ2) is 4.82. The number of benzene rings is 1. The lowest BCUT2D eigenvalue weighted by Gasteiger charge is -2.14. The van der Waals surface area contributed by atoms with E-state index in [9.17, 15) is 4.79 Å². The van der Waals surface area contributed by atoms with Gasteiger partial charge in [0.2, 0.25) is 0 Å². The van der Waals surface area contributed by atoms with Crippen molar-refractivity contribution in [2.24, 2.45) is 5.73 Å². The van der Waals surface area contributed by atoms with Crippen LogP contribution in [0.4, 0.5) is 0 Å². The molecule has 1 aromatic heterocycles. The molecule has 0 aliphatic rings. The number of aromatic nitrogens is 1. The van der Waals surface area contributed by atoms with Crippen LogP contribution in [0.15, 0.2) is 24.4 Å². The molecular weight excluding hydrogens is 252 g/mol. The van der Waals surface area contributed by atoms with Gasteiger partial charge in [-0.1, -0.05) is 11.6 Å². The van der Waals surface area contributed by atoms with Crippen LogP contribution in [0.5, 0.6) is 5.75 Å². The fourth-order valence-corrected chi connectivity index (χ4v) is 1.89. The molecule has 0 saturated carbocycles. The summed E-state index contributed by atoms with van der Waals surface area (Å²) < 4.78 is 5.58. The first-order valence-electron chi connectivity index (χ1n) is 5.53. The quantitative estimate of drug-likeness (QED) is 0.927. The Morgan fingerprint density at radius 3 is 2.78 bits per heavy atom. The zero-order chi connectivity index (χ0) is 13.3. The molecule has 0 saturated heterocycles. The van der Waals surface area contributed by atoms with E-state index in [0.29, 0.717) is 21.9 Å². The van der Waals surface area contributed by atoms with Gasteiger partial charge in [-0.3, -0.25) is 9.78 Å². The van der Waals surface area contributed by atoms with Crippen LogP contribution < -0.4 is 10.5 Å². The number of ether oxygens (including phenoxy) is 1. The molecular formula is C13H13ClN2O2. The molecule has 0 bridgehead atoms. The highest BCUT2D eigenvalue weighted by molar-refractivity contribution is 6.35. The minimum atomic E-state index is -0.547. The Balaban J connectivity index is 2.69. The fraction of sp³-hybridized carbons (Fsp3) is 0.231. The van der Waals surface area contributed by atoms with Gasteiger partial charge in [-0.2, -0.15) is 0 Å². The number of halogens is 1. The van der Waals surface area contributed by atoms with Gasteiger partial charge in [0, 0.05) is 11.6 Å². The van der Waals surface area contributed by atoms with Crippen LogP contribution in [0, 0.1) is 0 Å². The van der Waals surface area contributed by atoms with Crippen LogP contribution >= 0.6 is 11.6 Å². The van der Waals surface area contributed by atoms with Crippen molar-refractivity contribution in [3.05, 3.63) is 35.0 Å². The molecule has 18 heavy (non-hydrogen) atoms. The zero-order valence-corrected chi connectivity index (χ0v) is 10.9. The van der Waals surface area contributed by atoms with Gasteiger partial charge in [-0.25, -0.2) is 0 Å². The average molecular weight is 265 g/mol. The van der Waals surface area contributed by atoms with Crippen molar-refractivity contribution in [2.75, 3.05) is 0 Å². The minimum Gasteiger partial charge on any atom is -0.490 e. The van der Waals surface area contributed by atoms with E-state index in [-0.39, 0.29) is 6.10 Å². The predicted molar refractivity (Wildman–Crippen MR) is 71.0 cm³/mol. The van der Waals surface area contributed by atoms with Gasteiger partial charge in [0.15, 0.2) is 0 Å². The molecule has 0 aliphatic carbocycles. The number of rotatable bonds is 3. The van der Waals surface area contributed by atoms with E-state index in [4.69, 9.17) is 22.1 Å². The number of amides is 1. The van der Waals surface area contributed by atoms with Gasteiger partial charge in [0.1, 0.15) is 5.75 Å². The van der Waals surface area contributed by atoms with Gasteiger partial charge in [-0.05, 0) is 32.0 Å². The summed E-state index contributed by atoms with van der Waals surface area (Å²) in [5, 5.41) is 1.30. The van der Waals surface area contributed by atoms with E-state index in [1.165, 1.54) is 0 Å². The van der Waals surface area contributed by atoms with Crippen LogP contribution in [-0.2, 0) is 0 Å². The molecule has 0 fully saturated rings. The highest BCUT2D eigenvalue weighted by Gasteiger charge is 2.14. The van der Waals surface area contributed by atoms with Crippen molar-refractivity contribution >= 4 is 28.4 Å². The SMILES string of the molecule is CC(C)Oc1cc2c(Cl)ccnc2cc1C(N)=O. The number of carbonyl (C=O) groups excluding carboxylic acids is 1. The topological polar surface area (TPSA) is 65.2 Å². The van der Waals surface area contributed by atoms with Crippen molar-refractivity contribution in [3.8, 4) is 5.75 Å². The van der Waals surface area contributed by atoms with E-state index >= 15 is 0 Å². The van der Waals surface area contributed by atoms with Crippen LogP contribution in [0.3, 0.4) is 0 Å². The van der Waals surface area contributed by atoms with Gasteiger partial charge in [0.25, 0.3) is 5.91 Å². The summed E-state index contributed by atoms with van der Waals surface area (Å²) >= 11 is 6.09. The Kier molecular flexibility index (Phi) is 3.39. The van der Waals surface area contributed by atoms with Crippen molar-refractivity contribution in [2.45, 2.75) is 20.0 Å². The number of carbonyl (C=O) groups is 1. The number of primary amides is 1. The Morgan fingerprint density at radius 2 is 2.17 bits per heavy atom. The molecule has 1 heterocycles. The number of nitrogens with zero attached hydrogens (tertiary/aromatic N) is 1. The second-order valence-corrected chi connectivity index (χ2v) is 4.60. The largest absolute Gasteiger partial charge is 0.490 e. The predicted octanol–water partition coefficient (Wildman–Crippen LogP) is 2.77. The van der Waals surface area contributed by atoms with Crippen LogP contribution in [0.1, 0.15) is 24.2 Å². The molecule has 5 heteroatoms. The fourth-order valence-electron chi connectivity index (χ4n) is 1.68. The maximum atomic E-state index is 11.4. The van der Waals surface area contributed by atoms with E-state index in [1.807, 2.05) is 13.8 Å². The van der Waals surface area contributed by atoms with Crippen LogP contribution in [0.2, 0.25) is 5.02 Å². The van der Waals surface area contributed by atoms with Crippen molar-refractivity contribution in [3.63, 3.8) is 0 Å². The number of nitrogens with two attached hydrogens (primary N) is 1. The third kappa shape index (κ3) is 2.38. The maximum absolute atomic E-state index is 11.4.